The first-order valence-electron chi connectivity index (χ1n) is 8.43. The number of benzene rings is 1. The van der Waals surface area contributed by atoms with Gasteiger partial charge in [0.2, 0.25) is 0 Å². The molecular weight excluding hydrogens is 288 g/mol. The van der Waals surface area contributed by atoms with Gasteiger partial charge in [-0.25, -0.2) is 4.79 Å². The Morgan fingerprint density at radius 3 is 2.74 bits per heavy atom. The highest BCUT2D eigenvalue weighted by atomic mass is 16.6. The number of hydrogen-bond donors (Lipinski definition) is 1. The molecule has 1 aromatic heterocycles. The van der Waals surface area contributed by atoms with Crippen molar-refractivity contribution in [2.75, 3.05) is 13.1 Å². The summed E-state index contributed by atoms with van der Waals surface area (Å²) in [5.41, 5.74) is 2.03. The fourth-order valence-electron chi connectivity index (χ4n) is 3.51. The molecule has 0 spiro atoms. The van der Waals surface area contributed by atoms with Crippen molar-refractivity contribution >= 4 is 17.0 Å². The van der Waals surface area contributed by atoms with Crippen LogP contribution in [0.1, 0.15) is 45.6 Å². The van der Waals surface area contributed by atoms with E-state index in [1.54, 1.807) is 0 Å². The highest BCUT2D eigenvalue weighted by molar-refractivity contribution is 5.84. The van der Waals surface area contributed by atoms with Crippen molar-refractivity contribution in [1.29, 1.82) is 0 Å². The molecule has 23 heavy (non-hydrogen) atoms. The first kappa shape index (κ1) is 15.9. The summed E-state index contributed by atoms with van der Waals surface area (Å²) in [5.74, 6) is 0.838. The summed E-state index contributed by atoms with van der Waals surface area (Å²) in [7, 11) is 0. The van der Waals surface area contributed by atoms with Gasteiger partial charge in [-0.2, -0.15) is 0 Å². The van der Waals surface area contributed by atoms with Crippen LogP contribution in [0.15, 0.2) is 30.5 Å². The lowest BCUT2D eigenvalue weighted by Crippen LogP contribution is -2.35. The van der Waals surface area contributed by atoms with Gasteiger partial charge < -0.3 is 14.6 Å². The van der Waals surface area contributed by atoms with Crippen LogP contribution in [0.5, 0.6) is 0 Å². The van der Waals surface area contributed by atoms with Crippen LogP contribution in [0.3, 0.4) is 0 Å². The Kier molecular flexibility index (Phi) is 4.09. The minimum absolute atomic E-state index is 0.196. The van der Waals surface area contributed by atoms with Crippen LogP contribution in [0.2, 0.25) is 0 Å². The van der Waals surface area contributed by atoms with Gasteiger partial charge in [0.25, 0.3) is 0 Å². The van der Waals surface area contributed by atoms with E-state index < -0.39 is 5.60 Å². The molecule has 1 fully saturated rings. The Morgan fingerprint density at radius 1 is 1.30 bits per heavy atom. The van der Waals surface area contributed by atoms with Gasteiger partial charge in [-0.05, 0) is 38.3 Å². The number of aromatic amines is 1. The van der Waals surface area contributed by atoms with Crippen LogP contribution in [0.4, 0.5) is 4.79 Å². The number of rotatable bonds is 2. The number of amides is 1. The first-order valence-corrected chi connectivity index (χ1v) is 8.43. The number of likely N-dealkylation sites (tertiary alicyclic amines) is 1. The van der Waals surface area contributed by atoms with Gasteiger partial charge in [-0.3, -0.25) is 0 Å². The molecule has 0 radical (unpaired) electrons. The number of aromatic nitrogens is 1. The van der Waals surface area contributed by atoms with Gasteiger partial charge in [0.1, 0.15) is 5.60 Å². The molecule has 1 saturated heterocycles. The van der Waals surface area contributed by atoms with Crippen LogP contribution in [0.25, 0.3) is 10.9 Å². The summed E-state index contributed by atoms with van der Waals surface area (Å²) in [5, 5.41) is 1.27. The minimum atomic E-state index is -0.447. The van der Waals surface area contributed by atoms with Crippen molar-refractivity contribution in [2.24, 2.45) is 5.92 Å². The number of hydrogen-bond acceptors (Lipinski definition) is 2. The largest absolute Gasteiger partial charge is 0.444 e. The summed E-state index contributed by atoms with van der Waals surface area (Å²) in [4.78, 5) is 17.6. The minimum Gasteiger partial charge on any atom is -0.444 e. The number of ether oxygens (including phenoxy) is 1. The Labute approximate surface area is 137 Å². The molecule has 0 bridgehead atoms. The van der Waals surface area contributed by atoms with Crippen molar-refractivity contribution in [1.82, 2.24) is 9.88 Å². The van der Waals surface area contributed by atoms with E-state index in [2.05, 4.69) is 36.3 Å². The number of fused-ring (bicyclic) bond motifs is 1. The average molecular weight is 314 g/mol. The van der Waals surface area contributed by atoms with Crippen molar-refractivity contribution in [3.05, 3.63) is 36.0 Å². The predicted octanol–water partition coefficient (Wildman–Crippen LogP) is 4.53. The van der Waals surface area contributed by atoms with Crippen LogP contribution in [0, 0.1) is 5.92 Å². The number of nitrogens with one attached hydrogen (secondary N) is 1. The van der Waals surface area contributed by atoms with Gasteiger partial charge in [0.15, 0.2) is 0 Å². The highest BCUT2D eigenvalue weighted by Gasteiger charge is 2.37. The van der Waals surface area contributed by atoms with Gasteiger partial charge in [0, 0.05) is 36.1 Å². The summed E-state index contributed by atoms with van der Waals surface area (Å²) < 4.78 is 5.55. The van der Waals surface area contributed by atoms with Crippen LogP contribution < -0.4 is 0 Å². The third kappa shape index (κ3) is 3.21. The van der Waals surface area contributed by atoms with Crippen LogP contribution in [-0.2, 0) is 4.74 Å². The van der Waals surface area contributed by atoms with E-state index in [9.17, 15) is 4.79 Å². The van der Waals surface area contributed by atoms with Gasteiger partial charge in [-0.15, -0.1) is 0 Å². The van der Waals surface area contributed by atoms with Crippen molar-refractivity contribution in [3.8, 4) is 0 Å². The maximum absolute atomic E-state index is 12.4. The SMILES string of the molecule is CCC1CN(C(=O)OC(C)(C)C)CC1c1c[nH]c2ccccc12. The summed E-state index contributed by atoms with van der Waals surface area (Å²) >= 11 is 0. The fourth-order valence-corrected chi connectivity index (χ4v) is 3.51. The number of carbonyl (C=O) groups is 1. The zero-order valence-corrected chi connectivity index (χ0v) is 14.4. The van der Waals surface area contributed by atoms with Crippen molar-refractivity contribution in [3.63, 3.8) is 0 Å². The maximum Gasteiger partial charge on any atom is 0.410 e. The van der Waals surface area contributed by atoms with E-state index in [4.69, 9.17) is 4.74 Å². The quantitative estimate of drug-likeness (QED) is 0.885. The van der Waals surface area contributed by atoms with E-state index in [0.717, 1.165) is 25.0 Å². The molecule has 2 aromatic rings. The lowest BCUT2D eigenvalue weighted by atomic mass is 9.87. The lowest BCUT2D eigenvalue weighted by molar-refractivity contribution is 0.0286. The van der Waals surface area contributed by atoms with E-state index in [0.29, 0.717) is 11.8 Å². The maximum atomic E-state index is 12.4. The van der Waals surface area contributed by atoms with Crippen molar-refractivity contribution < 1.29 is 9.53 Å². The molecule has 1 aliphatic heterocycles. The Morgan fingerprint density at radius 2 is 2.04 bits per heavy atom. The summed E-state index contributed by atoms with van der Waals surface area (Å²) in [6, 6.07) is 8.37. The van der Waals surface area contributed by atoms with E-state index in [1.165, 1.54) is 10.9 Å². The van der Waals surface area contributed by atoms with Gasteiger partial charge in [-0.1, -0.05) is 31.5 Å². The second-order valence-electron chi connectivity index (χ2n) is 7.45. The fraction of sp³-hybridized carbons (Fsp3) is 0.526. The highest BCUT2D eigenvalue weighted by Crippen LogP contribution is 2.38. The van der Waals surface area contributed by atoms with Gasteiger partial charge >= 0.3 is 6.09 Å². The van der Waals surface area contributed by atoms with Crippen molar-refractivity contribution in [2.45, 2.75) is 45.6 Å². The molecule has 3 rings (SSSR count). The molecule has 1 N–H and O–H groups in total. The zero-order valence-electron chi connectivity index (χ0n) is 14.4. The molecule has 4 heteroatoms. The second kappa shape index (κ2) is 5.91. The molecule has 1 amide bonds. The Balaban J connectivity index is 1.84. The second-order valence-corrected chi connectivity index (χ2v) is 7.45. The predicted molar refractivity (Wildman–Crippen MR) is 92.6 cm³/mol. The molecule has 2 heterocycles. The number of H-pyrrole nitrogens is 1. The molecular formula is C19H26N2O2. The molecule has 2 atom stereocenters. The Bertz CT molecular complexity index is 699. The molecule has 2 unspecified atom stereocenters. The Hall–Kier alpha value is -1.97. The summed E-state index contributed by atoms with van der Waals surface area (Å²) in [6.07, 6.45) is 2.97. The average Bonchev–Trinajstić information content (AvgIpc) is 3.08. The van der Waals surface area contributed by atoms with Crippen LogP contribution in [-0.4, -0.2) is 34.7 Å². The summed E-state index contributed by atoms with van der Waals surface area (Å²) in [6.45, 7) is 9.44. The standard InChI is InChI=1S/C19H26N2O2/c1-5-13-11-21(18(22)23-19(2,3)4)12-16(13)15-10-20-17-9-7-6-8-14(15)17/h6-10,13,16,20H,5,11-12H2,1-4H3. The third-order valence-corrected chi connectivity index (χ3v) is 4.64. The van der Waals surface area contributed by atoms with E-state index in [-0.39, 0.29) is 6.09 Å². The molecule has 0 saturated carbocycles. The molecule has 124 valence electrons. The zero-order chi connectivity index (χ0) is 16.6. The molecule has 4 nitrogen and oxygen atoms in total. The molecule has 0 aliphatic carbocycles. The first-order chi connectivity index (χ1) is 10.9. The number of nitrogens with zero attached hydrogens (tertiary/aromatic N) is 1. The van der Waals surface area contributed by atoms with Gasteiger partial charge in [0.05, 0.1) is 0 Å². The molecule has 1 aliphatic rings. The molecule has 1 aromatic carbocycles. The number of para-hydroxylation sites is 1. The smallest absolute Gasteiger partial charge is 0.410 e. The topological polar surface area (TPSA) is 45.3 Å². The van der Waals surface area contributed by atoms with E-state index >= 15 is 0 Å². The monoisotopic (exact) mass is 314 g/mol. The van der Waals surface area contributed by atoms with E-state index in [1.807, 2.05) is 31.7 Å². The normalized spacial score (nSPS) is 21.8. The third-order valence-electron chi connectivity index (χ3n) is 4.64. The van der Waals surface area contributed by atoms with Crippen LogP contribution >= 0.6 is 0 Å². The lowest BCUT2D eigenvalue weighted by Gasteiger charge is -2.24. The number of carbonyl (C=O) groups excluding carboxylic acids is 1.